The minimum absolute atomic E-state index is 0.136. The third-order valence-electron chi connectivity index (χ3n) is 4.82. The van der Waals surface area contributed by atoms with Crippen molar-refractivity contribution in [2.24, 2.45) is 0 Å². The van der Waals surface area contributed by atoms with E-state index in [9.17, 15) is 4.79 Å². The van der Waals surface area contributed by atoms with Crippen LogP contribution in [0.15, 0.2) is 35.9 Å². The molecule has 3 heteroatoms. The molecular weight excluding hydrogens is 272 g/mol. The summed E-state index contributed by atoms with van der Waals surface area (Å²) in [6, 6.07) is 8.04. The fraction of sp³-hybridized carbons (Fsp3) is 0.526. The van der Waals surface area contributed by atoms with Crippen LogP contribution in [0.25, 0.3) is 0 Å². The number of piperazine rings is 1. The first kappa shape index (κ1) is 15.3. The predicted octanol–water partition coefficient (Wildman–Crippen LogP) is 3.51. The second kappa shape index (κ2) is 7.10. The lowest BCUT2D eigenvalue weighted by atomic mass is 9.99. The van der Waals surface area contributed by atoms with Gasteiger partial charge in [0.1, 0.15) is 0 Å². The van der Waals surface area contributed by atoms with Gasteiger partial charge in [-0.1, -0.05) is 11.6 Å². The topological polar surface area (TPSA) is 23.6 Å². The average Bonchev–Trinajstić information content (AvgIpc) is 2.57. The zero-order valence-corrected chi connectivity index (χ0v) is 13.6. The van der Waals surface area contributed by atoms with Gasteiger partial charge in [-0.2, -0.15) is 0 Å². The maximum absolute atomic E-state index is 11.3. The van der Waals surface area contributed by atoms with Crippen molar-refractivity contribution in [3.63, 3.8) is 0 Å². The van der Waals surface area contributed by atoms with Crippen LogP contribution < -0.4 is 4.90 Å². The lowest BCUT2D eigenvalue weighted by Gasteiger charge is -2.36. The van der Waals surface area contributed by atoms with Crippen molar-refractivity contribution >= 4 is 11.5 Å². The zero-order chi connectivity index (χ0) is 15.4. The van der Waals surface area contributed by atoms with Gasteiger partial charge in [0.15, 0.2) is 5.78 Å². The normalized spacial score (nSPS) is 19.9. The van der Waals surface area contributed by atoms with Gasteiger partial charge in [0.2, 0.25) is 0 Å². The molecule has 0 bridgehead atoms. The molecule has 3 rings (SSSR count). The summed E-state index contributed by atoms with van der Waals surface area (Å²) in [4.78, 5) is 16.3. The van der Waals surface area contributed by atoms with E-state index in [2.05, 4.69) is 28.0 Å². The molecule has 0 spiro atoms. The van der Waals surface area contributed by atoms with Crippen LogP contribution in [0.2, 0.25) is 0 Å². The number of benzene rings is 1. The third-order valence-corrected chi connectivity index (χ3v) is 4.82. The number of carbonyl (C=O) groups excluding carboxylic acids is 1. The summed E-state index contributed by atoms with van der Waals surface area (Å²) in [5.41, 5.74) is 3.68. The summed E-state index contributed by atoms with van der Waals surface area (Å²) < 4.78 is 0. The average molecular weight is 298 g/mol. The van der Waals surface area contributed by atoms with Gasteiger partial charge in [-0.3, -0.25) is 9.69 Å². The zero-order valence-electron chi connectivity index (χ0n) is 13.6. The van der Waals surface area contributed by atoms with Gasteiger partial charge < -0.3 is 4.90 Å². The Balaban J connectivity index is 1.52. The second-order valence-electron chi connectivity index (χ2n) is 6.47. The third kappa shape index (κ3) is 3.77. The maximum Gasteiger partial charge on any atom is 0.159 e. The molecule has 0 radical (unpaired) electrons. The molecule has 1 aliphatic carbocycles. The van der Waals surface area contributed by atoms with Gasteiger partial charge in [-0.15, -0.1) is 0 Å². The Bertz CT molecular complexity index is 539. The number of hydrogen-bond acceptors (Lipinski definition) is 3. The number of anilines is 1. The first-order valence-electron chi connectivity index (χ1n) is 8.48. The second-order valence-corrected chi connectivity index (χ2v) is 6.47. The highest BCUT2D eigenvalue weighted by Crippen LogP contribution is 2.21. The van der Waals surface area contributed by atoms with Crippen LogP contribution in [0, 0.1) is 0 Å². The molecule has 1 aromatic rings. The number of ketones is 1. The Morgan fingerprint density at radius 3 is 2.36 bits per heavy atom. The monoisotopic (exact) mass is 298 g/mol. The SMILES string of the molecule is CC(=O)c1ccc(N2CCN(CC3=CCCCC3)CC2)cc1. The number of nitrogens with zero attached hydrogens (tertiary/aromatic N) is 2. The Morgan fingerprint density at radius 2 is 1.77 bits per heavy atom. The van der Waals surface area contributed by atoms with Crippen LogP contribution >= 0.6 is 0 Å². The van der Waals surface area contributed by atoms with E-state index in [1.165, 1.54) is 31.4 Å². The summed E-state index contributed by atoms with van der Waals surface area (Å²) in [5, 5.41) is 0. The van der Waals surface area contributed by atoms with Crippen LogP contribution in [0.3, 0.4) is 0 Å². The number of allylic oxidation sites excluding steroid dienone is 1. The molecule has 0 amide bonds. The summed E-state index contributed by atoms with van der Waals surface area (Å²) in [6.07, 6.45) is 7.77. The fourth-order valence-corrected chi connectivity index (χ4v) is 3.41. The summed E-state index contributed by atoms with van der Waals surface area (Å²) in [6.45, 7) is 7.20. The van der Waals surface area contributed by atoms with Crippen LogP contribution in [0.5, 0.6) is 0 Å². The van der Waals surface area contributed by atoms with E-state index in [1.807, 2.05) is 12.1 Å². The van der Waals surface area contributed by atoms with Crippen molar-refractivity contribution in [1.29, 1.82) is 0 Å². The minimum atomic E-state index is 0.136. The van der Waals surface area contributed by atoms with Crippen LogP contribution in [-0.2, 0) is 0 Å². The molecule has 0 atom stereocenters. The highest BCUT2D eigenvalue weighted by atomic mass is 16.1. The number of carbonyl (C=O) groups is 1. The van der Waals surface area contributed by atoms with Crippen LogP contribution in [0.4, 0.5) is 5.69 Å². The van der Waals surface area contributed by atoms with E-state index in [4.69, 9.17) is 0 Å². The molecule has 0 aromatic heterocycles. The smallest absolute Gasteiger partial charge is 0.159 e. The maximum atomic E-state index is 11.3. The molecule has 22 heavy (non-hydrogen) atoms. The van der Waals surface area contributed by atoms with Crippen molar-refractivity contribution in [1.82, 2.24) is 4.90 Å². The molecule has 1 fully saturated rings. The quantitative estimate of drug-likeness (QED) is 0.628. The fourth-order valence-electron chi connectivity index (χ4n) is 3.41. The van der Waals surface area contributed by atoms with Crippen molar-refractivity contribution in [2.75, 3.05) is 37.6 Å². The molecule has 118 valence electrons. The van der Waals surface area contributed by atoms with E-state index in [0.29, 0.717) is 0 Å². The van der Waals surface area contributed by atoms with Gasteiger partial charge in [0.05, 0.1) is 0 Å². The van der Waals surface area contributed by atoms with Gasteiger partial charge in [0.25, 0.3) is 0 Å². The van der Waals surface area contributed by atoms with Crippen LogP contribution in [-0.4, -0.2) is 43.4 Å². The minimum Gasteiger partial charge on any atom is -0.369 e. The molecule has 0 unspecified atom stereocenters. The first-order valence-corrected chi connectivity index (χ1v) is 8.48. The summed E-state index contributed by atoms with van der Waals surface area (Å²) >= 11 is 0. The highest BCUT2D eigenvalue weighted by molar-refractivity contribution is 5.94. The van der Waals surface area contributed by atoms with E-state index in [-0.39, 0.29) is 5.78 Å². The lowest BCUT2D eigenvalue weighted by Crippen LogP contribution is -2.47. The largest absolute Gasteiger partial charge is 0.369 e. The van der Waals surface area contributed by atoms with Gasteiger partial charge >= 0.3 is 0 Å². The Kier molecular flexibility index (Phi) is 4.94. The number of hydrogen-bond donors (Lipinski definition) is 0. The molecule has 0 saturated carbocycles. The Hall–Kier alpha value is -1.61. The van der Waals surface area contributed by atoms with E-state index < -0.39 is 0 Å². The van der Waals surface area contributed by atoms with Gasteiger partial charge in [0, 0.05) is 44.0 Å². The Labute approximate surface area is 133 Å². The van der Waals surface area contributed by atoms with Crippen molar-refractivity contribution < 1.29 is 4.79 Å². The molecule has 1 aromatic carbocycles. The highest BCUT2D eigenvalue weighted by Gasteiger charge is 2.18. The van der Waals surface area contributed by atoms with Crippen molar-refractivity contribution in [2.45, 2.75) is 32.6 Å². The van der Waals surface area contributed by atoms with E-state index in [0.717, 1.165) is 38.3 Å². The number of Topliss-reactive ketones (excluding diaryl/α,β-unsaturated/α-hetero) is 1. The Morgan fingerprint density at radius 1 is 1.05 bits per heavy atom. The molecule has 1 aliphatic heterocycles. The molecular formula is C19H26N2O. The molecule has 1 heterocycles. The van der Waals surface area contributed by atoms with E-state index >= 15 is 0 Å². The van der Waals surface area contributed by atoms with Gasteiger partial charge in [-0.25, -0.2) is 0 Å². The predicted molar refractivity (Wildman–Crippen MR) is 91.7 cm³/mol. The van der Waals surface area contributed by atoms with Crippen molar-refractivity contribution in [3.05, 3.63) is 41.5 Å². The summed E-state index contributed by atoms with van der Waals surface area (Å²) in [7, 11) is 0. The molecule has 3 nitrogen and oxygen atoms in total. The molecule has 0 N–H and O–H groups in total. The van der Waals surface area contributed by atoms with E-state index in [1.54, 1.807) is 12.5 Å². The van der Waals surface area contributed by atoms with Crippen LogP contribution in [0.1, 0.15) is 43.0 Å². The lowest BCUT2D eigenvalue weighted by molar-refractivity contribution is 0.101. The molecule has 1 saturated heterocycles. The van der Waals surface area contributed by atoms with Gasteiger partial charge in [-0.05, 0) is 56.9 Å². The summed E-state index contributed by atoms with van der Waals surface area (Å²) in [5.74, 6) is 0.136. The molecule has 2 aliphatic rings. The standard InChI is InChI=1S/C19H26N2O/c1-16(22)18-7-9-19(10-8-18)21-13-11-20(12-14-21)15-17-5-3-2-4-6-17/h5,7-10H,2-4,6,11-15H2,1H3. The van der Waals surface area contributed by atoms with Crippen molar-refractivity contribution in [3.8, 4) is 0 Å². The number of rotatable bonds is 4. The first-order chi connectivity index (χ1) is 10.7.